The van der Waals surface area contributed by atoms with Crippen LogP contribution < -0.4 is 16.4 Å². The van der Waals surface area contributed by atoms with Gasteiger partial charge in [0, 0.05) is 57.2 Å². The highest BCUT2D eigenvalue weighted by Crippen LogP contribution is 2.39. The summed E-state index contributed by atoms with van der Waals surface area (Å²) < 4.78 is 0. The Hall–Kier alpha value is -4.09. The first-order chi connectivity index (χ1) is 21.5. The maximum absolute atomic E-state index is 13.0. The summed E-state index contributed by atoms with van der Waals surface area (Å²) in [5.74, 6) is 0.596. The van der Waals surface area contributed by atoms with Crippen molar-refractivity contribution in [3.63, 3.8) is 0 Å². The highest BCUT2D eigenvalue weighted by Gasteiger charge is 2.40. The number of nitrogens with two attached hydrogens (primary N) is 1. The first kappa shape index (κ1) is 33.8. The highest BCUT2D eigenvalue weighted by atomic mass is 16.2. The molecule has 1 fully saturated rings. The Morgan fingerprint density at radius 1 is 1.13 bits per heavy atom. The van der Waals surface area contributed by atoms with Gasteiger partial charge in [-0.2, -0.15) is 5.26 Å². The lowest BCUT2D eigenvalue weighted by atomic mass is 9.67. The van der Waals surface area contributed by atoms with Crippen LogP contribution >= 0.6 is 0 Å². The number of amidine groups is 1. The summed E-state index contributed by atoms with van der Waals surface area (Å²) in [5.41, 5.74) is 14.8. The molecule has 4 N–H and O–H groups in total. The Morgan fingerprint density at radius 3 is 2.53 bits per heavy atom. The summed E-state index contributed by atoms with van der Waals surface area (Å²) in [6, 6.07) is 15.1. The lowest BCUT2D eigenvalue weighted by molar-refractivity contribution is 0.0827. The zero-order valence-electron chi connectivity index (χ0n) is 27.9. The summed E-state index contributed by atoms with van der Waals surface area (Å²) in [6.07, 6.45) is 6.08. The first-order valence-electron chi connectivity index (χ1n) is 16.2. The minimum atomic E-state index is -0.593. The van der Waals surface area contributed by atoms with E-state index in [-0.39, 0.29) is 18.0 Å². The van der Waals surface area contributed by atoms with E-state index >= 15 is 0 Å². The van der Waals surface area contributed by atoms with E-state index in [1.165, 1.54) is 11.1 Å². The van der Waals surface area contributed by atoms with E-state index < -0.39 is 5.41 Å². The Morgan fingerprint density at radius 2 is 1.84 bits per heavy atom. The molecule has 2 aliphatic rings. The minimum absolute atomic E-state index is 0.0177. The Bertz CT molecular complexity index is 1480. The molecular weight excluding hydrogens is 558 g/mol. The lowest BCUT2D eigenvalue weighted by Crippen LogP contribution is -2.47. The van der Waals surface area contributed by atoms with Crippen LogP contribution in [0.5, 0.6) is 0 Å². The largest absolute Gasteiger partial charge is 0.388 e. The van der Waals surface area contributed by atoms with Crippen LogP contribution in [0.4, 0.5) is 0 Å². The number of amides is 1. The molecule has 2 atom stereocenters. The van der Waals surface area contributed by atoms with Gasteiger partial charge in [-0.3, -0.25) is 9.79 Å². The summed E-state index contributed by atoms with van der Waals surface area (Å²) in [7, 11) is 5.46. The molecule has 2 aromatic rings. The van der Waals surface area contributed by atoms with Gasteiger partial charge in [-0.1, -0.05) is 31.4 Å². The lowest BCUT2D eigenvalue weighted by Gasteiger charge is -2.39. The van der Waals surface area contributed by atoms with Gasteiger partial charge in [0.15, 0.2) is 0 Å². The monoisotopic (exact) mass is 609 g/mol. The molecule has 1 amide bonds. The maximum atomic E-state index is 13.0. The second kappa shape index (κ2) is 14.8. The van der Waals surface area contributed by atoms with Crippen molar-refractivity contribution in [3.05, 3.63) is 88.6 Å². The number of nitrogens with one attached hydrogen (secondary N) is 2. The molecule has 45 heavy (non-hydrogen) atoms. The predicted octanol–water partition coefficient (Wildman–Crippen LogP) is 4.79. The van der Waals surface area contributed by atoms with E-state index in [2.05, 4.69) is 78.9 Å². The van der Waals surface area contributed by atoms with Gasteiger partial charge in [-0.05, 0) is 111 Å². The number of nitriles is 1. The van der Waals surface area contributed by atoms with Crippen LogP contribution in [0.1, 0.15) is 77.7 Å². The van der Waals surface area contributed by atoms with Crippen LogP contribution in [0.15, 0.2) is 60.2 Å². The molecule has 2 unspecified atom stereocenters. The number of hydrogen-bond acceptors (Lipinski definition) is 6. The van der Waals surface area contributed by atoms with Crippen LogP contribution in [0, 0.1) is 11.3 Å². The van der Waals surface area contributed by atoms with Crippen molar-refractivity contribution in [2.24, 2.45) is 10.7 Å². The van der Waals surface area contributed by atoms with Gasteiger partial charge in [0.2, 0.25) is 0 Å². The molecule has 8 heteroatoms. The third-order valence-corrected chi connectivity index (χ3v) is 9.29. The summed E-state index contributed by atoms with van der Waals surface area (Å²) in [5, 5.41) is 16.5. The fourth-order valence-corrected chi connectivity index (χ4v) is 6.77. The van der Waals surface area contributed by atoms with E-state index in [1.54, 1.807) is 19.0 Å². The molecule has 1 aliphatic carbocycles. The maximum Gasteiger partial charge on any atom is 0.253 e. The highest BCUT2D eigenvalue weighted by molar-refractivity contribution is 5.96. The summed E-state index contributed by atoms with van der Waals surface area (Å²) in [6.45, 7) is 14.8. The molecule has 0 spiro atoms. The van der Waals surface area contributed by atoms with Crippen LogP contribution in [-0.2, 0) is 24.7 Å². The minimum Gasteiger partial charge on any atom is -0.388 e. The molecule has 4 rings (SSSR count). The van der Waals surface area contributed by atoms with E-state index in [9.17, 15) is 10.1 Å². The molecule has 1 aliphatic heterocycles. The first-order valence-corrected chi connectivity index (χ1v) is 16.2. The molecule has 0 aromatic heterocycles. The molecule has 1 heterocycles. The van der Waals surface area contributed by atoms with Crippen molar-refractivity contribution in [2.45, 2.75) is 76.3 Å². The van der Waals surface area contributed by atoms with Gasteiger partial charge >= 0.3 is 0 Å². The van der Waals surface area contributed by atoms with Gasteiger partial charge in [0.25, 0.3) is 5.91 Å². The molecular formula is C37H51N7O. The van der Waals surface area contributed by atoms with E-state index in [0.29, 0.717) is 37.3 Å². The molecule has 8 nitrogen and oxygen atoms in total. The Labute approximate surface area is 270 Å². The molecule has 0 radical (unpaired) electrons. The van der Waals surface area contributed by atoms with Crippen LogP contribution in [0.3, 0.4) is 0 Å². The number of benzene rings is 2. The predicted molar refractivity (Wildman–Crippen MR) is 185 cm³/mol. The molecule has 1 saturated heterocycles. The molecule has 2 aromatic carbocycles. The number of nitrogens with zero attached hydrogens (tertiary/aromatic N) is 4. The Kier molecular flexibility index (Phi) is 11.1. The van der Waals surface area contributed by atoms with Crippen LogP contribution in [-0.4, -0.2) is 74.4 Å². The van der Waals surface area contributed by atoms with Crippen molar-refractivity contribution in [1.29, 1.82) is 5.26 Å². The topological polar surface area (TPSA) is 110 Å². The summed E-state index contributed by atoms with van der Waals surface area (Å²) in [4.78, 5) is 21.8. The number of hydrogen-bond donors (Lipinski definition) is 3. The number of piperidine rings is 1. The average Bonchev–Trinajstić information content (AvgIpc) is 3.03. The van der Waals surface area contributed by atoms with Gasteiger partial charge < -0.3 is 26.2 Å². The number of carbonyl (C=O) groups is 1. The van der Waals surface area contributed by atoms with Crippen LogP contribution in [0.25, 0.3) is 5.70 Å². The van der Waals surface area contributed by atoms with Crippen molar-refractivity contribution >= 4 is 17.4 Å². The van der Waals surface area contributed by atoms with E-state index in [0.717, 1.165) is 66.7 Å². The Balaban J connectivity index is 1.75. The van der Waals surface area contributed by atoms with Gasteiger partial charge in [-0.15, -0.1) is 0 Å². The number of likely N-dealkylation sites (tertiary alicyclic amines) is 1. The van der Waals surface area contributed by atoms with Gasteiger partial charge in [0.05, 0.1) is 11.5 Å². The molecule has 0 saturated carbocycles. The SMILES string of the molecule is C=C(NC)c1ccc2c(c1)CCc1cc(C(=O)N(C)C)ccc1C(CCNCC(=C)N1CCCCC1C#N)(C(N)=NC(C)C)C2. The van der Waals surface area contributed by atoms with Crippen molar-refractivity contribution in [1.82, 2.24) is 20.4 Å². The quantitative estimate of drug-likeness (QED) is 0.192. The van der Waals surface area contributed by atoms with E-state index in [1.807, 2.05) is 13.1 Å². The van der Waals surface area contributed by atoms with Gasteiger partial charge in [0.1, 0.15) is 11.9 Å². The normalized spacial score (nSPS) is 19.9. The number of carbonyl (C=O) groups excluding carboxylic acids is 1. The number of aliphatic imine (C=N–C) groups is 1. The standard InChI is InChI=1S/C37H51N7O/c1-25(2)42-36(39)37(17-18-41-24-26(3)44-19-9-8-10-33(44)23-38)22-32-14-11-28(27(4)40-5)20-29(32)12-13-30-21-31(15-16-34(30)37)35(45)43(6)7/h11,14-16,20-21,25,33,40-41H,3-4,8-10,12-13,17-19,22,24H2,1-2,5-7H3,(H2,39,42). The van der Waals surface area contributed by atoms with E-state index in [4.69, 9.17) is 10.7 Å². The average molecular weight is 610 g/mol. The third-order valence-electron chi connectivity index (χ3n) is 9.29. The second-order valence-corrected chi connectivity index (χ2v) is 13.0. The number of fused-ring (bicyclic) bond motifs is 2. The fraction of sp³-hybridized carbons (Fsp3) is 0.486. The third kappa shape index (κ3) is 7.59. The van der Waals surface area contributed by atoms with Crippen molar-refractivity contribution in [2.75, 3.05) is 40.8 Å². The zero-order chi connectivity index (χ0) is 32.7. The molecule has 0 bridgehead atoms. The molecule has 240 valence electrons. The summed E-state index contributed by atoms with van der Waals surface area (Å²) >= 11 is 0. The smallest absolute Gasteiger partial charge is 0.253 e. The zero-order valence-corrected chi connectivity index (χ0v) is 27.9. The number of aryl methyl sites for hydroxylation is 2. The fourth-order valence-electron chi connectivity index (χ4n) is 6.77. The van der Waals surface area contributed by atoms with Crippen LogP contribution in [0.2, 0.25) is 0 Å². The second-order valence-electron chi connectivity index (χ2n) is 13.0. The van der Waals surface area contributed by atoms with Crippen molar-refractivity contribution < 1.29 is 4.79 Å². The van der Waals surface area contributed by atoms with Gasteiger partial charge in [-0.25, -0.2) is 0 Å². The number of rotatable bonds is 11. The van der Waals surface area contributed by atoms with Crippen molar-refractivity contribution in [3.8, 4) is 6.07 Å².